The van der Waals surface area contributed by atoms with Crippen molar-refractivity contribution in [2.24, 2.45) is 0 Å². The zero-order chi connectivity index (χ0) is 49.9. The number of carbonyl (C=O) groups is 1. The molecule has 3 unspecified atom stereocenters. The van der Waals surface area contributed by atoms with E-state index in [2.05, 4.69) is 43.5 Å². The summed E-state index contributed by atoms with van der Waals surface area (Å²) in [6.07, 6.45) is 65.1. The van der Waals surface area contributed by atoms with Gasteiger partial charge in [0, 0.05) is 6.42 Å². The summed E-state index contributed by atoms with van der Waals surface area (Å²) in [5.74, 6) is -0.199. The van der Waals surface area contributed by atoms with Crippen molar-refractivity contribution >= 4 is 13.7 Å². The van der Waals surface area contributed by atoms with E-state index in [0.29, 0.717) is 17.4 Å². The number of hydrogen-bond acceptors (Lipinski definition) is 6. The average Bonchev–Trinajstić information content (AvgIpc) is 3.30. The number of phosphoric ester groups is 1. The van der Waals surface area contributed by atoms with Crippen LogP contribution in [0.3, 0.4) is 0 Å². The lowest BCUT2D eigenvalue weighted by Gasteiger charge is -2.29. The fourth-order valence-corrected chi connectivity index (χ4v) is 9.44. The van der Waals surface area contributed by atoms with Crippen LogP contribution in [-0.4, -0.2) is 68.5 Å². The van der Waals surface area contributed by atoms with Crippen LogP contribution in [0.1, 0.15) is 284 Å². The van der Waals surface area contributed by atoms with Crippen LogP contribution < -0.4 is 10.2 Å². The topological polar surface area (TPSA) is 108 Å². The molecule has 0 heterocycles. The Kier molecular flexibility index (Phi) is 49.7. The lowest BCUT2D eigenvalue weighted by Crippen LogP contribution is -2.45. The van der Waals surface area contributed by atoms with Crippen LogP contribution in [0.5, 0.6) is 0 Å². The van der Waals surface area contributed by atoms with Gasteiger partial charge in [-0.2, -0.15) is 0 Å². The molecule has 0 bridgehead atoms. The Morgan fingerprint density at radius 2 is 0.853 bits per heavy atom. The highest BCUT2D eigenvalue weighted by atomic mass is 31.2. The molecule has 0 aliphatic carbocycles. The fourth-order valence-electron chi connectivity index (χ4n) is 8.72. The highest BCUT2D eigenvalue weighted by molar-refractivity contribution is 7.45. The standard InChI is InChI=1S/C59H115N2O6P/c1-6-8-10-12-14-16-18-20-22-24-26-27-28-29-30-31-32-33-35-36-38-40-42-44-46-48-50-52-58(62)57(56-67-68(64,65)66-55-54-61(3,4)5)60-59(63)53-51-49-47-45-43-41-39-37-34-25-23-21-19-17-15-13-11-9-7-2/h15,17,21,23,50,52,57-58,62H,6-14,16,18-20,22,24-49,51,53-56H2,1-5H3,(H-,60,63,64,65)/b17-15-,23-21-,52-50+. The van der Waals surface area contributed by atoms with E-state index in [1.807, 2.05) is 27.2 Å². The van der Waals surface area contributed by atoms with Crippen molar-refractivity contribution in [1.82, 2.24) is 5.32 Å². The SMILES string of the molecule is CCCCC/C=C\C/C=C\CCCCCCCCCCCC(=O)NC(COP(=O)([O-])OCC[N+](C)(C)C)C(O)/C=C/CCCCCCCCCCCCCCCCCCCCCCCCCCC. The molecule has 68 heavy (non-hydrogen) atoms. The number of carbonyl (C=O) groups excluding carboxylic acids is 1. The first-order chi connectivity index (χ1) is 33.0. The monoisotopic (exact) mass is 979 g/mol. The number of aliphatic hydroxyl groups excluding tert-OH is 1. The first-order valence-corrected chi connectivity index (χ1v) is 30.8. The number of amides is 1. The van der Waals surface area contributed by atoms with Gasteiger partial charge in [-0.25, -0.2) is 0 Å². The normalized spacial score (nSPS) is 14.2. The molecule has 0 aromatic heterocycles. The summed E-state index contributed by atoms with van der Waals surface area (Å²) < 4.78 is 23.4. The molecule has 402 valence electrons. The number of allylic oxidation sites excluding steroid dienone is 5. The number of unbranched alkanes of at least 4 members (excludes halogenated alkanes) is 37. The minimum absolute atomic E-state index is 0.00145. The van der Waals surface area contributed by atoms with Crippen molar-refractivity contribution in [2.45, 2.75) is 296 Å². The lowest BCUT2D eigenvalue weighted by molar-refractivity contribution is -0.870. The summed E-state index contributed by atoms with van der Waals surface area (Å²) in [4.78, 5) is 25.5. The Morgan fingerprint density at radius 1 is 0.515 bits per heavy atom. The molecule has 0 aliphatic heterocycles. The molecule has 0 fully saturated rings. The predicted molar refractivity (Wildman–Crippen MR) is 293 cm³/mol. The summed E-state index contributed by atoms with van der Waals surface area (Å²) in [7, 11) is 1.27. The number of likely N-dealkylation sites (N-methyl/N-ethyl adjacent to an activating group) is 1. The Labute approximate surface area is 423 Å². The molecule has 0 aromatic carbocycles. The lowest BCUT2D eigenvalue weighted by atomic mass is 10.0. The smallest absolute Gasteiger partial charge is 0.268 e. The Morgan fingerprint density at radius 3 is 1.25 bits per heavy atom. The number of phosphoric acid groups is 1. The first-order valence-electron chi connectivity index (χ1n) is 29.4. The quantitative estimate of drug-likeness (QED) is 0.0272. The Bertz CT molecular complexity index is 1200. The first kappa shape index (κ1) is 66.7. The third-order valence-corrected chi connectivity index (χ3v) is 14.3. The molecule has 1 amide bonds. The van der Waals surface area contributed by atoms with E-state index in [1.54, 1.807) is 6.08 Å². The molecule has 0 aliphatic rings. The zero-order valence-electron chi connectivity index (χ0n) is 45.8. The van der Waals surface area contributed by atoms with Gasteiger partial charge >= 0.3 is 0 Å². The van der Waals surface area contributed by atoms with E-state index in [-0.39, 0.29) is 19.1 Å². The van der Waals surface area contributed by atoms with Gasteiger partial charge in [0.2, 0.25) is 5.91 Å². The number of rotatable bonds is 54. The van der Waals surface area contributed by atoms with Crippen LogP contribution in [0.15, 0.2) is 36.5 Å². The van der Waals surface area contributed by atoms with E-state index in [0.717, 1.165) is 44.9 Å². The van der Waals surface area contributed by atoms with Crippen molar-refractivity contribution in [2.75, 3.05) is 40.9 Å². The van der Waals surface area contributed by atoms with Gasteiger partial charge in [0.15, 0.2) is 0 Å². The molecule has 2 N–H and O–H groups in total. The second-order valence-electron chi connectivity index (χ2n) is 21.4. The molecule has 3 atom stereocenters. The second kappa shape index (κ2) is 50.7. The summed E-state index contributed by atoms with van der Waals surface area (Å²) in [6, 6.07) is -0.889. The van der Waals surface area contributed by atoms with Crippen molar-refractivity contribution in [1.29, 1.82) is 0 Å². The van der Waals surface area contributed by atoms with Gasteiger partial charge in [0.05, 0.1) is 39.9 Å². The highest BCUT2D eigenvalue weighted by Crippen LogP contribution is 2.38. The van der Waals surface area contributed by atoms with E-state index in [4.69, 9.17) is 9.05 Å². The zero-order valence-corrected chi connectivity index (χ0v) is 46.7. The van der Waals surface area contributed by atoms with Gasteiger partial charge in [-0.15, -0.1) is 0 Å². The van der Waals surface area contributed by atoms with Gasteiger partial charge in [0.1, 0.15) is 13.2 Å². The molecular weight excluding hydrogens is 864 g/mol. The third kappa shape index (κ3) is 52.5. The van der Waals surface area contributed by atoms with Crippen LogP contribution >= 0.6 is 7.82 Å². The summed E-state index contributed by atoms with van der Waals surface area (Å²) in [5, 5.41) is 13.9. The number of quaternary nitrogens is 1. The fraction of sp³-hybridized carbons (Fsp3) is 0.881. The average molecular weight is 980 g/mol. The maximum atomic E-state index is 13.0. The van der Waals surface area contributed by atoms with E-state index < -0.39 is 20.0 Å². The molecule has 0 rings (SSSR count). The molecule has 0 aromatic rings. The van der Waals surface area contributed by atoms with Crippen LogP contribution in [0, 0.1) is 0 Å². The maximum absolute atomic E-state index is 13.0. The van der Waals surface area contributed by atoms with E-state index in [1.165, 1.54) is 218 Å². The van der Waals surface area contributed by atoms with Crippen molar-refractivity contribution in [3.8, 4) is 0 Å². The minimum Gasteiger partial charge on any atom is -0.756 e. The largest absolute Gasteiger partial charge is 0.756 e. The predicted octanol–water partition coefficient (Wildman–Crippen LogP) is 17.1. The maximum Gasteiger partial charge on any atom is 0.268 e. The van der Waals surface area contributed by atoms with Crippen molar-refractivity contribution in [3.05, 3.63) is 36.5 Å². The van der Waals surface area contributed by atoms with Crippen LogP contribution in [0.4, 0.5) is 0 Å². The van der Waals surface area contributed by atoms with Crippen LogP contribution in [0.2, 0.25) is 0 Å². The number of hydrogen-bond donors (Lipinski definition) is 2. The van der Waals surface area contributed by atoms with Gasteiger partial charge in [-0.05, 0) is 51.4 Å². The molecule has 8 nitrogen and oxygen atoms in total. The summed E-state index contributed by atoms with van der Waals surface area (Å²) >= 11 is 0. The third-order valence-electron chi connectivity index (χ3n) is 13.3. The molecule has 0 saturated carbocycles. The Hall–Kier alpha value is -1.28. The van der Waals surface area contributed by atoms with Gasteiger partial charge < -0.3 is 28.8 Å². The van der Waals surface area contributed by atoms with Crippen molar-refractivity contribution < 1.29 is 32.9 Å². The number of nitrogens with zero attached hydrogens (tertiary/aromatic N) is 1. The van der Waals surface area contributed by atoms with Gasteiger partial charge in [-0.3, -0.25) is 9.36 Å². The molecule has 0 saturated heterocycles. The Balaban J connectivity index is 4.18. The minimum atomic E-state index is -4.60. The molecule has 0 spiro atoms. The molecule has 0 radical (unpaired) electrons. The van der Waals surface area contributed by atoms with E-state index >= 15 is 0 Å². The summed E-state index contributed by atoms with van der Waals surface area (Å²) in [6.45, 7) is 4.65. The van der Waals surface area contributed by atoms with Crippen LogP contribution in [-0.2, 0) is 18.4 Å². The van der Waals surface area contributed by atoms with Crippen LogP contribution in [0.25, 0.3) is 0 Å². The molecular formula is C59H115N2O6P. The number of aliphatic hydroxyl groups is 1. The molecule has 9 heteroatoms. The van der Waals surface area contributed by atoms with Crippen molar-refractivity contribution in [3.63, 3.8) is 0 Å². The number of nitrogens with one attached hydrogen (secondary N) is 1. The van der Waals surface area contributed by atoms with Gasteiger partial charge in [-0.1, -0.05) is 262 Å². The second-order valence-corrected chi connectivity index (χ2v) is 22.8. The van der Waals surface area contributed by atoms with E-state index in [9.17, 15) is 19.4 Å². The summed E-state index contributed by atoms with van der Waals surface area (Å²) in [5.41, 5.74) is 0. The van der Waals surface area contributed by atoms with Gasteiger partial charge in [0.25, 0.3) is 7.82 Å². The highest BCUT2D eigenvalue weighted by Gasteiger charge is 2.23.